The number of ether oxygens (including phenoxy) is 2. The predicted octanol–water partition coefficient (Wildman–Crippen LogP) is 2.27. The molecule has 0 saturated heterocycles. The van der Waals surface area contributed by atoms with Gasteiger partial charge in [0.15, 0.2) is 5.82 Å². The van der Waals surface area contributed by atoms with Gasteiger partial charge in [-0.1, -0.05) is 0 Å². The van der Waals surface area contributed by atoms with Crippen LogP contribution in [-0.4, -0.2) is 14.8 Å². The molecule has 5 nitrogen and oxygen atoms in total. The van der Waals surface area contributed by atoms with Crippen LogP contribution < -0.4 is 0 Å². The van der Waals surface area contributed by atoms with Gasteiger partial charge in [0.05, 0.1) is 11.3 Å². The fourth-order valence-corrected chi connectivity index (χ4v) is 2.50. The molecule has 0 atom stereocenters. The van der Waals surface area contributed by atoms with Crippen molar-refractivity contribution < 1.29 is 9.47 Å². The van der Waals surface area contributed by atoms with Crippen LogP contribution in [0.2, 0.25) is 0 Å². The Labute approximate surface area is 110 Å². The maximum Gasteiger partial charge on any atom is 0.267 e. The van der Waals surface area contributed by atoms with E-state index in [9.17, 15) is 0 Å². The summed E-state index contributed by atoms with van der Waals surface area (Å²) in [6.07, 6.45) is 9.97. The second-order valence-electron chi connectivity index (χ2n) is 4.73. The Kier molecular flexibility index (Phi) is 2.30. The Morgan fingerprint density at radius 3 is 2.79 bits per heavy atom. The first-order valence-electron chi connectivity index (χ1n) is 6.40. The molecule has 2 aromatic heterocycles. The lowest BCUT2D eigenvalue weighted by molar-refractivity contribution is -0.0248. The monoisotopic (exact) mass is 255 g/mol. The van der Waals surface area contributed by atoms with E-state index in [4.69, 9.17) is 9.47 Å². The molecule has 0 radical (unpaired) electrons. The van der Waals surface area contributed by atoms with Gasteiger partial charge in [-0.3, -0.25) is 0 Å². The van der Waals surface area contributed by atoms with Gasteiger partial charge in [0, 0.05) is 12.4 Å². The van der Waals surface area contributed by atoms with Gasteiger partial charge in [-0.2, -0.15) is 5.10 Å². The topological polar surface area (TPSA) is 49.2 Å². The zero-order chi connectivity index (χ0) is 12.7. The maximum atomic E-state index is 5.27. The lowest BCUT2D eigenvalue weighted by Crippen LogP contribution is -2.03. The van der Waals surface area contributed by atoms with Crippen molar-refractivity contribution in [1.82, 2.24) is 14.8 Å². The summed E-state index contributed by atoms with van der Waals surface area (Å²) in [6.45, 7) is 0. The first-order valence-corrected chi connectivity index (χ1v) is 6.40. The minimum Gasteiger partial charge on any atom is -0.455 e. The molecule has 19 heavy (non-hydrogen) atoms. The molecule has 0 saturated carbocycles. The zero-order valence-electron chi connectivity index (χ0n) is 10.3. The number of hydrogen-bond donors (Lipinski definition) is 0. The minimum absolute atomic E-state index is 0.371. The van der Waals surface area contributed by atoms with Crippen molar-refractivity contribution in [2.45, 2.75) is 25.6 Å². The van der Waals surface area contributed by atoms with Gasteiger partial charge < -0.3 is 9.47 Å². The quantitative estimate of drug-likeness (QED) is 0.826. The summed E-state index contributed by atoms with van der Waals surface area (Å²) in [4.78, 5) is 4.42. The van der Waals surface area contributed by atoms with Crippen LogP contribution in [0.5, 0.6) is 0 Å². The van der Waals surface area contributed by atoms with Gasteiger partial charge in [0.1, 0.15) is 12.5 Å². The number of aromatic nitrogens is 3. The van der Waals surface area contributed by atoms with Crippen LogP contribution in [0.15, 0.2) is 37.1 Å². The van der Waals surface area contributed by atoms with Crippen molar-refractivity contribution in [3.8, 4) is 5.82 Å². The summed E-state index contributed by atoms with van der Waals surface area (Å²) in [5.74, 6) is 0.823. The average molecular weight is 255 g/mol. The van der Waals surface area contributed by atoms with Gasteiger partial charge in [-0.15, -0.1) is 0 Å². The molecular weight excluding hydrogens is 242 g/mol. The Balaban J connectivity index is 1.61. The number of aryl methyl sites for hydroxylation is 2. The van der Waals surface area contributed by atoms with E-state index in [1.54, 1.807) is 6.20 Å². The number of hydrogen-bond acceptors (Lipinski definition) is 4. The Morgan fingerprint density at radius 2 is 2.05 bits per heavy atom. The van der Waals surface area contributed by atoms with E-state index < -0.39 is 0 Å². The van der Waals surface area contributed by atoms with Crippen molar-refractivity contribution in [3.63, 3.8) is 0 Å². The zero-order valence-corrected chi connectivity index (χ0v) is 10.3. The summed E-state index contributed by atoms with van der Waals surface area (Å²) >= 11 is 0. The maximum absolute atomic E-state index is 5.27. The van der Waals surface area contributed by atoms with Crippen LogP contribution in [0, 0.1) is 0 Å². The fraction of sp³-hybridized carbons (Fsp3) is 0.286. The van der Waals surface area contributed by atoms with E-state index in [-0.39, 0.29) is 6.29 Å². The van der Waals surface area contributed by atoms with E-state index in [1.165, 1.54) is 30.2 Å². The van der Waals surface area contributed by atoms with E-state index >= 15 is 0 Å². The molecule has 96 valence electrons. The molecule has 0 fully saturated rings. The lowest BCUT2D eigenvalue weighted by atomic mass is 10.2. The largest absolute Gasteiger partial charge is 0.455 e. The van der Waals surface area contributed by atoms with Crippen molar-refractivity contribution in [1.29, 1.82) is 0 Å². The van der Waals surface area contributed by atoms with Gasteiger partial charge in [0.25, 0.3) is 6.29 Å². The fourth-order valence-electron chi connectivity index (χ4n) is 2.50. The molecule has 3 heterocycles. The number of pyridine rings is 1. The molecule has 1 aliphatic heterocycles. The summed E-state index contributed by atoms with van der Waals surface area (Å²) in [7, 11) is 0. The molecule has 2 aliphatic rings. The van der Waals surface area contributed by atoms with Crippen LogP contribution in [0.1, 0.15) is 29.5 Å². The summed E-state index contributed by atoms with van der Waals surface area (Å²) < 4.78 is 12.4. The number of rotatable bonds is 2. The third-order valence-electron chi connectivity index (χ3n) is 3.47. The highest BCUT2D eigenvalue weighted by Crippen LogP contribution is 2.24. The van der Waals surface area contributed by atoms with Crippen molar-refractivity contribution in [2.24, 2.45) is 0 Å². The highest BCUT2D eigenvalue weighted by atomic mass is 16.7. The molecule has 0 aromatic carbocycles. The molecule has 0 unspecified atom stereocenters. The van der Waals surface area contributed by atoms with Crippen LogP contribution >= 0.6 is 0 Å². The molecule has 0 spiro atoms. The lowest BCUT2D eigenvalue weighted by Gasteiger charge is -2.10. The third-order valence-corrected chi connectivity index (χ3v) is 3.47. The number of fused-ring (bicyclic) bond motifs is 1. The third kappa shape index (κ3) is 1.78. The Bertz CT molecular complexity index is 601. The molecule has 0 N–H and O–H groups in total. The molecule has 4 rings (SSSR count). The van der Waals surface area contributed by atoms with Crippen LogP contribution in [0.25, 0.3) is 5.82 Å². The minimum atomic E-state index is -0.371. The Hall–Kier alpha value is -2.30. The van der Waals surface area contributed by atoms with Gasteiger partial charge in [-0.05, 0) is 37.0 Å². The average Bonchev–Trinajstić information content (AvgIpc) is 3.15. The first kappa shape index (κ1) is 10.6. The van der Waals surface area contributed by atoms with Crippen molar-refractivity contribution >= 4 is 0 Å². The highest BCUT2D eigenvalue weighted by Gasteiger charge is 2.18. The smallest absolute Gasteiger partial charge is 0.267 e. The van der Waals surface area contributed by atoms with Gasteiger partial charge >= 0.3 is 0 Å². The molecule has 2 aromatic rings. The molecular formula is C14H13N3O2. The van der Waals surface area contributed by atoms with Crippen LogP contribution in [0.3, 0.4) is 0 Å². The van der Waals surface area contributed by atoms with Crippen LogP contribution in [-0.2, 0) is 22.3 Å². The second kappa shape index (κ2) is 4.12. The standard InChI is InChI=1S/C14H13N3O2/c1-2-11-9-17(16-12(11)3-1)13-5-4-10(8-15-13)14-18-6-7-19-14/h4-9,14H,1-3H2. The van der Waals surface area contributed by atoms with E-state index in [2.05, 4.69) is 16.3 Å². The van der Waals surface area contributed by atoms with E-state index in [1.807, 2.05) is 16.8 Å². The molecule has 0 amide bonds. The molecule has 5 heteroatoms. The SMILES string of the molecule is C1=COC(c2ccc(-n3cc4c(n3)CCC4)nc2)O1. The predicted molar refractivity (Wildman–Crippen MR) is 67.4 cm³/mol. The van der Waals surface area contributed by atoms with E-state index in [0.29, 0.717) is 0 Å². The van der Waals surface area contributed by atoms with Gasteiger partial charge in [-0.25, -0.2) is 9.67 Å². The van der Waals surface area contributed by atoms with Crippen molar-refractivity contribution in [2.75, 3.05) is 0 Å². The van der Waals surface area contributed by atoms with E-state index in [0.717, 1.165) is 24.2 Å². The van der Waals surface area contributed by atoms with Crippen molar-refractivity contribution in [3.05, 3.63) is 53.9 Å². The molecule has 0 bridgehead atoms. The highest BCUT2D eigenvalue weighted by molar-refractivity contribution is 5.30. The van der Waals surface area contributed by atoms with Gasteiger partial charge in [0.2, 0.25) is 0 Å². The summed E-state index contributed by atoms with van der Waals surface area (Å²) in [5, 5.41) is 4.57. The Morgan fingerprint density at radius 1 is 1.16 bits per heavy atom. The summed E-state index contributed by atoms with van der Waals surface area (Å²) in [6, 6.07) is 3.88. The molecule has 1 aliphatic carbocycles. The number of nitrogens with zero attached hydrogens (tertiary/aromatic N) is 3. The van der Waals surface area contributed by atoms with Crippen LogP contribution in [0.4, 0.5) is 0 Å². The first-order chi connectivity index (χ1) is 9.40. The normalized spacial score (nSPS) is 17.3. The summed E-state index contributed by atoms with van der Waals surface area (Å²) in [5.41, 5.74) is 3.45. The second-order valence-corrected chi connectivity index (χ2v) is 4.73.